The third kappa shape index (κ3) is 0.432. The van der Waals surface area contributed by atoms with Crippen LogP contribution >= 0.6 is 0 Å². The topological polar surface area (TPSA) is 12.5 Å². The Morgan fingerprint density at radius 1 is 1.50 bits per heavy atom. The van der Waals surface area contributed by atoms with E-state index in [9.17, 15) is 0 Å². The average Bonchev–Trinajstić information content (AvgIpc) is 1.73. The molecule has 6 heavy (non-hydrogen) atoms. The number of hydrogen-bond donors (Lipinski definition) is 0. The highest BCUT2D eigenvalue weighted by molar-refractivity contribution is 4.90. The van der Waals surface area contributed by atoms with E-state index >= 15 is 0 Å². The van der Waals surface area contributed by atoms with Crippen LogP contribution in [0.2, 0.25) is 0 Å². The van der Waals surface area contributed by atoms with Gasteiger partial charge in [-0.15, -0.1) is 0 Å². The molecule has 0 saturated carbocycles. The second-order valence-corrected chi connectivity index (χ2v) is 2.36. The van der Waals surface area contributed by atoms with Gasteiger partial charge in [-0.2, -0.15) is 0 Å². The van der Waals surface area contributed by atoms with Crippen LogP contribution in [-0.2, 0) is 4.74 Å². The van der Waals surface area contributed by atoms with Gasteiger partial charge in [-0.25, -0.2) is 0 Å². The van der Waals surface area contributed by atoms with Gasteiger partial charge in [0.1, 0.15) is 0 Å². The van der Waals surface area contributed by atoms with Gasteiger partial charge in [-0.05, 0) is 20.8 Å². The summed E-state index contributed by atoms with van der Waals surface area (Å²) < 4.78 is 5.10. The maximum Gasteiger partial charge on any atom is 0.0889 e. The molecular formula is C5H10O. The summed E-state index contributed by atoms with van der Waals surface area (Å²) in [5, 5.41) is 0. The minimum atomic E-state index is 0.208. The lowest BCUT2D eigenvalue weighted by Crippen LogP contribution is -1.97. The number of ether oxygens (including phenoxy) is 1. The summed E-state index contributed by atoms with van der Waals surface area (Å²) in [5.74, 6) is 0. The highest BCUT2D eigenvalue weighted by atomic mass is 16.6. The molecule has 1 fully saturated rings. The van der Waals surface area contributed by atoms with Gasteiger partial charge >= 0.3 is 0 Å². The second-order valence-electron chi connectivity index (χ2n) is 2.36. The molecule has 1 atom stereocenters. The summed E-state index contributed by atoms with van der Waals surface area (Å²) in [6, 6.07) is 0. The van der Waals surface area contributed by atoms with Crippen molar-refractivity contribution in [2.75, 3.05) is 0 Å². The lowest BCUT2D eigenvalue weighted by Gasteiger charge is -1.84. The van der Waals surface area contributed by atoms with Gasteiger partial charge in [-0.1, -0.05) is 0 Å². The fraction of sp³-hybridized carbons (Fsp3) is 1.00. The molecule has 0 aromatic rings. The maximum atomic E-state index is 5.10. The molecule has 0 radical (unpaired) electrons. The van der Waals surface area contributed by atoms with Crippen LogP contribution in [0, 0.1) is 0 Å². The van der Waals surface area contributed by atoms with Gasteiger partial charge < -0.3 is 4.74 Å². The molecule has 1 heteroatoms. The average molecular weight is 86.1 g/mol. The van der Waals surface area contributed by atoms with Gasteiger partial charge in [0.2, 0.25) is 0 Å². The third-order valence-electron chi connectivity index (χ3n) is 1.40. The summed E-state index contributed by atoms with van der Waals surface area (Å²) in [5.41, 5.74) is 0.208. The van der Waals surface area contributed by atoms with Crippen molar-refractivity contribution in [1.29, 1.82) is 0 Å². The van der Waals surface area contributed by atoms with Crippen LogP contribution in [0.3, 0.4) is 0 Å². The highest BCUT2D eigenvalue weighted by Crippen LogP contribution is 2.33. The maximum absolute atomic E-state index is 5.10. The fourth-order valence-electron chi connectivity index (χ4n) is 0.422. The Morgan fingerprint density at radius 3 is 1.67 bits per heavy atom. The molecule has 1 aliphatic heterocycles. The first kappa shape index (κ1) is 4.13. The fourth-order valence-corrected chi connectivity index (χ4v) is 0.422. The van der Waals surface area contributed by atoms with Crippen LogP contribution in [0.5, 0.6) is 0 Å². The Kier molecular flexibility index (Phi) is 0.539. The molecular weight excluding hydrogens is 76.1 g/mol. The Labute approximate surface area is 38.3 Å². The molecule has 0 aliphatic carbocycles. The zero-order chi connectivity index (χ0) is 4.78. The lowest BCUT2D eigenvalue weighted by atomic mass is 10.2. The zero-order valence-corrected chi connectivity index (χ0v) is 4.49. The Bertz CT molecular complexity index is 66.3. The molecule has 1 saturated heterocycles. The SMILES string of the molecule is CC1OC1(C)C. The quantitative estimate of drug-likeness (QED) is 0.403. The van der Waals surface area contributed by atoms with Crippen molar-refractivity contribution in [3.8, 4) is 0 Å². The summed E-state index contributed by atoms with van der Waals surface area (Å²) in [6.45, 7) is 6.27. The van der Waals surface area contributed by atoms with Crippen molar-refractivity contribution in [2.45, 2.75) is 32.5 Å². The van der Waals surface area contributed by atoms with Crippen LogP contribution in [-0.4, -0.2) is 11.7 Å². The van der Waals surface area contributed by atoms with E-state index in [0.717, 1.165) is 0 Å². The van der Waals surface area contributed by atoms with Crippen molar-refractivity contribution in [3.63, 3.8) is 0 Å². The second kappa shape index (κ2) is 0.784. The van der Waals surface area contributed by atoms with E-state index in [1.54, 1.807) is 0 Å². The van der Waals surface area contributed by atoms with Crippen LogP contribution < -0.4 is 0 Å². The minimum absolute atomic E-state index is 0.208. The Balaban J connectivity index is 2.41. The smallest absolute Gasteiger partial charge is 0.0889 e. The van der Waals surface area contributed by atoms with Gasteiger partial charge in [0.05, 0.1) is 11.7 Å². The normalized spacial score (nSPS) is 39.5. The van der Waals surface area contributed by atoms with Gasteiger partial charge in [0, 0.05) is 0 Å². The van der Waals surface area contributed by atoms with Crippen molar-refractivity contribution in [1.82, 2.24) is 0 Å². The first-order valence-corrected chi connectivity index (χ1v) is 2.31. The standard InChI is InChI=1S/C5H10O/c1-4-5(2,3)6-4/h4H,1-3H3. The summed E-state index contributed by atoms with van der Waals surface area (Å²) in [6.07, 6.45) is 0.498. The molecule has 1 nitrogen and oxygen atoms in total. The molecule has 36 valence electrons. The Morgan fingerprint density at radius 2 is 1.67 bits per heavy atom. The van der Waals surface area contributed by atoms with E-state index in [0.29, 0.717) is 6.10 Å². The van der Waals surface area contributed by atoms with E-state index in [1.165, 1.54) is 0 Å². The van der Waals surface area contributed by atoms with Crippen molar-refractivity contribution in [2.24, 2.45) is 0 Å². The molecule has 1 rings (SSSR count). The van der Waals surface area contributed by atoms with E-state index in [2.05, 4.69) is 20.8 Å². The predicted molar refractivity (Wildman–Crippen MR) is 24.6 cm³/mol. The predicted octanol–water partition coefficient (Wildman–Crippen LogP) is 1.18. The lowest BCUT2D eigenvalue weighted by molar-refractivity contribution is 0.328. The first-order valence-electron chi connectivity index (χ1n) is 2.31. The van der Waals surface area contributed by atoms with Gasteiger partial charge in [-0.3, -0.25) is 0 Å². The molecule has 1 aliphatic rings. The summed E-state index contributed by atoms with van der Waals surface area (Å²) in [7, 11) is 0. The van der Waals surface area contributed by atoms with Crippen molar-refractivity contribution < 1.29 is 4.74 Å². The number of rotatable bonds is 0. The van der Waals surface area contributed by atoms with Gasteiger partial charge in [0.15, 0.2) is 0 Å². The van der Waals surface area contributed by atoms with E-state index in [4.69, 9.17) is 4.74 Å². The van der Waals surface area contributed by atoms with Crippen molar-refractivity contribution >= 4 is 0 Å². The molecule has 0 N–H and O–H groups in total. The van der Waals surface area contributed by atoms with Crippen LogP contribution in [0.1, 0.15) is 20.8 Å². The molecule has 0 amide bonds. The minimum Gasteiger partial charge on any atom is -0.367 e. The highest BCUT2D eigenvalue weighted by Gasteiger charge is 2.43. The largest absolute Gasteiger partial charge is 0.367 e. The van der Waals surface area contributed by atoms with Crippen LogP contribution in [0.25, 0.3) is 0 Å². The molecule has 1 heterocycles. The molecule has 1 unspecified atom stereocenters. The third-order valence-corrected chi connectivity index (χ3v) is 1.40. The molecule has 0 aromatic heterocycles. The van der Waals surface area contributed by atoms with Crippen molar-refractivity contribution in [3.05, 3.63) is 0 Å². The number of epoxide rings is 1. The van der Waals surface area contributed by atoms with E-state index in [-0.39, 0.29) is 5.60 Å². The summed E-state index contributed by atoms with van der Waals surface area (Å²) >= 11 is 0. The van der Waals surface area contributed by atoms with E-state index in [1.807, 2.05) is 0 Å². The van der Waals surface area contributed by atoms with Crippen LogP contribution in [0.4, 0.5) is 0 Å². The van der Waals surface area contributed by atoms with E-state index < -0.39 is 0 Å². The zero-order valence-electron chi connectivity index (χ0n) is 4.49. The molecule has 0 aromatic carbocycles. The summed E-state index contributed by atoms with van der Waals surface area (Å²) in [4.78, 5) is 0. The Hall–Kier alpha value is -0.0400. The van der Waals surface area contributed by atoms with Crippen LogP contribution in [0.15, 0.2) is 0 Å². The number of hydrogen-bond acceptors (Lipinski definition) is 1. The first-order chi connectivity index (χ1) is 2.63. The van der Waals surface area contributed by atoms with Gasteiger partial charge in [0.25, 0.3) is 0 Å². The monoisotopic (exact) mass is 86.1 g/mol. The molecule has 0 bridgehead atoms. The molecule has 0 spiro atoms.